The summed E-state index contributed by atoms with van der Waals surface area (Å²) in [5.41, 5.74) is 1.25. The lowest BCUT2D eigenvalue weighted by Crippen LogP contribution is -2.27. The van der Waals surface area contributed by atoms with Gasteiger partial charge in [-0.15, -0.1) is 0 Å². The standard InChI is InChI=1S/C14H25N3O.C2H6/c1-11(2)8-15-14(18)6-5-7-17-10-13(9-16-17)12(3)4;1-2/h9-12H,5-8H2,1-4H3,(H,15,18);1-2H3. The lowest BCUT2D eigenvalue weighted by molar-refractivity contribution is -0.121. The van der Waals surface area contributed by atoms with Crippen LogP contribution in [0.3, 0.4) is 0 Å². The number of carbonyl (C=O) groups is 1. The molecule has 0 saturated carbocycles. The van der Waals surface area contributed by atoms with Gasteiger partial charge in [-0.25, -0.2) is 0 Å². The van der Waals surface area contributed by atoms with Crippen LogP contribution in [0.5, 0.6) is 0 Å². The van der Waals surface area contributed by atoms with Gasteiger partial charge in [-0.1, -0.05) is 41.5 Å². The molecule has 4 heteroatoms. The quantitative estimate of drug-likeness (QED) is 0.830. The van der Waals surface area contributed by atoms with E-state index in [-0.39, 0.29) is 5.91 Å². The topological polar surface area (TPSA) is 46.9 Å². The minimum absolute atomic E-state index is 0.139. The SMILES string of the molecule is CC.CC(C)CNC(=O)CCCn1cc(C(C)C)cn1. The first-order chi connectivity index (χ1) is 9.49. The third kappa shape index (κ3) is 7.97. The van der Waals surface area contributed by atoms with Crippen LogP contribution in [0, 0.1) is 5.92 Å². The van der Waals surface area contributed by atoms with Gasteiger partial charge in [0.25, 0.3) is 0 Å². The van der Waals surface area contributed by atoms with E-state index in [1.165, 1.54) is 5.56 Å². The molecule has 116 valence electrons. The molecule has 1 heterocycles. The Morgan fingerprint density at radius 1 is 1.30 bits per heavy atom. The molecule has 0 unspecified atom stereocenters. The second kappa shape index (κ2) is 10.5. The van der Waals surface area contributed by atoms with Crippen molar-refractivity contribution in [2.45, 2.75) is 66.8 Å². The fraction of sp³-hybridized carbons (Fsp3) is 0.750. The van der Waals surface area contributed by atoms with Gasteiger partial charge in [0.05, 0.1) is 6.20 Å². The van der Waals surface area contributed by atoms with Gasteiger partial charge in [-0.05, 0) is 23.8 Å². The lowest BCUT2D eigenvalue weighted by Gasteiger charge is -2.07. The summed E-state index contributed by atoms with van der Waals surface area (Å²) in [7, 11) is 0. The fourth-order valence-electron chi connectivity index (χ4n) is 1.61. The number of carbonyl (C=O) groups excluding carboxylic acids is 1. The van der Waals surface area contributed by atoms with E-state index in [1.807, 2.05) is 24.7 Å². The number of rotatable bonds is 7. The van der Waals surface area contributed by atoms with Gasteiger partial charge < -0.3 is 5.32 Å². The maximum Gasteiger partial charge on any atom is 0.220 e. The number of aryl methyl sites for hydroxylation is 1. The predicted molar refractivity (Wildman–Crippen MR) is 84.7 cm³/mol. The molecule has 0 radical (unpaired) electrons. The molecule has 0 aliphatic carbocycles. The largest absolute Gasteiger partial charge is 0.356 e. The highest BCUT2D eigenvalue weighted by Gasteiger charge is 2.05. The molecular formula is C16H31N3O. The first kappa shape index (κ1) is 18.7. The summed E-state index contributed by atoms with van der Waals surface area (Å²) in [6.45, 7) is 14.1. The molecule has 1 rings (SSSR count). The zero-order chi connectivity index (χ0) is 15.5. The molecule has 1 N–H and O–H groups in total. The Bertz CT molecular complexity index is 370. The number of amides is 1. The molecule has 0 aromatic carbocycles. The van der Waals surface area contributed by atoms with E-state index in [9.17, 15) is 4.79 Å². The third-order valence-electron chi connectivity index (χ3n) is 2.82. The van der Waals surface area contributed by atoms with Crippen molar-refractivity contribution in [2.24, 2.45) is 5.92 Å². The molecule has 0 spiro atoms. The summed E-state index contributed by atoms with van der Waals surface area (Å²) in [5, 5.41) is 7.22. The molecule has 4 nitrogen and oxygen atoms in total. The van der Waals surface area contributed by atoms with Gasteiger partial charge in [-0.2, -0.15) is 5.10 Å². The van der Waals surface area contributed by atoms with E-state index < -0.39 is 0 Å². The van der Waals surface area contributed by atoms with Crippen LogP contribution in [-0.4, -0.2) is 22.2 Å². The highest BCUT2D eigenvalue weighted by Crippen LogP contribution is 2.12. The van der Waals surface area contributed by atoms with Crippen LogP contribution in [0.1, 0.15) is 65.9 Å². The van der Waals surface area contributed by atoms with E-state index in [4.69, 9.17) is 0 Å². The fourth-order valence-corrected chi connectivity index (χ4v) is 1.61. The van der Waals surface area contributed by atoms with E-state index in [2.05, 4.69) is 44.3 Å². The van der Waals surface area contributed by atoms with E-state index in [0.29, 0.717) is 18.3 Å². The number of nitrogens with one attached hydrogen (secondary N) is 1. The number of aromatic nitrogens is 2. The maximum atomic E-state index is 11.5. The highest BCUT2D eigenvalue weighted by molar-refractivity contribution is 5.75. The molecule has 1 aromatic heterocycles. The van der Waals surface area contributed by atoms with Crippen LogP contribution in [0.4, 0.5) is 0 Å². The average Bonchev–Trinajstić information content (AvgIpc) is 2.88. The van der Waals surface area contributed by atoms with Crippen molar-refractivity contribution < 1.29 is 4.79 Å². The summed E-state index contributed by atoms with van der Waals surface area (Å²) < 4.78 is 1.92. The molecule has 0 fully saturated rings. The summed E-state index contributed by atoms with van der Waals surface area (Å²) in [6.07, 6.45) is 5.38. The van der Waals surface area contributed by atoms with E-state index >= 15 is 0 Å². The van der Waals surface area contributed by atoms with Gasteiger partial charge in [0, 0.05) is 25.7 Å². The minimum atomic E-state index is 0.139. The normalized spacial score (nSPS) is 10.4. The smallest absolute Gasteiger partial charge is 0.220 e. The second-order valence-electron chi connectivity index (χ2n) is 5.49. The molecule has 1 aromatic rings. The second-order valence-corrected chi connectivity index (χ2v) is 5.49. The van der Waals surface area contributed by atoms with Crippen LogP contribution in [0.2, 0.25) is 0 Å². The Morgan fingerprint density at radius 3 is 2.45 bits per heavy atom. The van der Waals surface area contributed by atoms with Crippen molar-refractivity contribution >= 4 is 5.91 Å². The predicted octanol–water partition coefficient (Wildman–Crippen LogP) is 3.59. The first-order valence-electron chi connectivity index (χ1n) is 7.78. The molecule has 0 atom stereocenters. The van der Waals surface area contributed by atoms with Crippen molar-refractivity contribution in [2.75, 3.05) is 6.54 Å². The Labute approximate surface area is 124 Å². The Morgan fingerprint density at radius 2 is 1.95 bits per heavy atom. The monoisotopic (exact) mass is 281 g/mol. The van der Waals surface area contributed by atoms with Crippen LogP contribution in [0.25, 0.3) is 0 Å². The summed E-state index contributed by atoms with van der Waals surface area (Å²) in [4.78, 5) is 11.5. The van der Waals surface area contributed by atoms with Crippen molar-refractivity contribution in [3.63, 3.8) is 0 Å². The number of nitrogens with zero attached hydrogens (tertiary/aromatic N) is 2. The minimum Gasteiger partial charge on any atom is -0.356 e. The van der Waals surface area contributed by atoms with Crippen molar-refractivity contribution in [3.8, 4) is 0 Å². The van der Waals surface area contributed by atoms with Crippen molar-refractivity contribution in [1.82, 2.24) is 15.1 Å². The van der Waals surface area contributed by atoms with Gasteiger partial charge in [0.1, 0.15) is 0 Å². The summed E-state index contributed by atoms with van der Waals surface area (Å²) in [6, 6.07) is 0. The van der Waals surface area contributed by atoms with Gasteiger partial charge in [0.2, 0.25) is 5.91 Å². The third-order valence-corrected chi connectivity index (χ3v) is 2.82. The lowest BCUT2D eigenvalue weighted by atomic mass is 10.1. The molecule has 0 aliphatic rings. The zero-order valence-electron chi connectivity index (χ0n) is 13.9. The molecule has 0 bridgehead atoms. The van der Waals surface area contributed by atoms with Crippen molar-refractivity contribution in [1.29, 1.82) is 0 Å². The van der Waals surface area contributed by atoms with E-state index in [0.717, 1.165) is 19.5 Å². The van der Waals surface area contributed by atoms with Gasteiger partial charge >= 0.3 is 0 Å². The van der Waals surface area contributed by atoms with E-state index in [1.54, 1.807) is 0 Å². The van der Waals surface area contributed by atoms with Crippen LogP contribution >= 0.6 is 0 Å². The van der Waals surface area contributed by atoms with Crippen LogP contribution < -0.4 is 5.32 Å². The highest BCUT2D eigenvalue weighted by atomic mass is 16.1. The maximum absolute atomic E-state index is 11.5. The zero-order valence-corrected chi connectivity index (χ0v) is 13.9. The molecule has 0 saturated heterocycles. The Hall–Kier alpha value is -1.32. The molecule has 1 amide bonds. The summed E-state index contributed by atoms with van der Waals surface area (Å²) in [5.74, 6) is 1.15. The molecular weight excluding hydrogens is 250 g/mol. The summed E-state index contributed by atoms with van der Waals surface area (Å²) >= 11 is 0. The van der Waals surface area contributed by atoms with Crippen LogP contribution in [-0.2, 0) is 11.3 Å². The van der Waals surface area contributed by atoms with Crippen LogP contribution in [0.15, 0.2) is 12.4 Å². The molecule has 0 aliphatic heterocycles. The Kier molecular flexibility index (Phi) is 9.77. The average molecular weight is 281 g/mol. The first-order valence-corrected chi connectivity index (χ1v) is 7.78. The number of hydrogen-bond acceptors (Lipinski definition) is 2. The molecule has 20 heavy (non-hydrogen) atoms. The van der Waals surface area contributed by atoms with Crippen molar-refractivity contribution in [3.05, 3.63) is 18.0 Å². The number of hydrogen-bond donors (Lipinski definition) is 1. The van der Waals surface area contributed by atoms with Gasteiger partial charge in [-0.3, -0.25) is 9.48 Å². The Balaban J connectivity index is 0.00000172. The van der Waals surface area contributed by atoms with Gasteiger partial charge in [0.15, 0.2) is 0 Å².